The van der Waals surface area contributed by atoms with Crippen LogP contribution in [0.25, 0.3) is 0 Å². The standard InChI is InChI=1S/C25H39N5O2S.C2H6/c1-4-7-11-30(10-5-2)22-18-21(20-26-28-25-9-8-23(6-3)33-25)27-24(19-22)32-17-14-29-12-15-31-16-13-29;1-2/h8-9,18-20,28H,4-7,10-17H2,1-3H3;1-2H3/b26-20+;. The first-order chi connectivity index (χ1) is 17.2. The van der Waals surface area contributed by atoms with E-state index in [1.54, 1.807) is 17.6 Å². The predicted octanol–water partition coefficient (Wildman–Crippen LogP) is 5.91. The number of hydrazone groups is 1. The smallest absolute Gasteiger partial charge is 0.215 e. The molecule has 1 saturated heterocycles. The van der Waals surface area contributed by atoms with Crippen LogP contribution < -0.4 is 15.1 Å². The summed E-state index contributed by atoms with van der Waals surface area (Å²) < 4.78 is 11.5. The molecule has 3 heterocycles. The van der Waals surface area contributed by atoms with Crippen molar-refractivity contribution < 1.29 is 9.47 Å². The van der Waals surface area contributed by atoms with Crippen molar-refractivity contribution in [2.24, 2.45) is 5.10 Å². The zero-order valence-corrected chi connectivity index (χ0v) is 23.2. The molecular formula is C27H45N5O2S. The highest BCUT2D eigenvalue weighted by Gasteiger charge is 2.12. The van der Waals surface area contributed by atoms with Crippen LogP contribution in [0.2, 0.25) is 0 Å². The van der Waals surface area contributed by atoms with Gasteiger partial charge in [-0.15, -0.1) is 11.3 Å². The number of nitrogens with zero attached hydrogens (tertiary/aromatic N) is 4. The van der Waals surface area contributed by atoms with Gasteiger partial charge >= 0.3 is 0 Å². The molecule has 8 heteroatoms. The van der Waals surface area contributed by atoms with E-state index in [0.29, 0.717) is 12.5 Å². The third-order valence-electron chi connectivity index (χ3n) is 5.59. The lowest BCUT2D eigenvalue weighted by Crippen LogP contribution is -2.38. The molecule has 0 saturated carbocycles. The summed E-state index contributed by atoms with van der Waals surface area (Å²) >= 11 is 1.73. The minimum atomic E-state index is 0.614. The van der Waals surface area contributed by atoms with E-state index in [1.807, 2.05) is 13.8 Å². The topological polar surface area (TPSA) is 62.2 Å². The van der Waals surface area contributed by atoms with Crippen molar-refractivity contribution in [3.63, 3.8) is 0 Å². The Balaban J connectivity index is 0.00000210. The highest BCUT2D eigenvalue weighted by molar-refractivity contribution is 7.16. The van der Waals surface area contributed by atoms with Gasteiger partial charge in [-0.25, -0.2) is 4.98 Å². The molecule has 7 nitrogen and oxygen atoms in total. The number of ether oxygens (including phenoxy) is 2. The summed E-state index contributed by atoms with van der Waals surface area (Å²) in [6, 6.07) is 8.39. The molecule has 0 amide bonds. The maximum Gasteiger partial charge on any atom is 0.215 e. The maximum absolute atomic E-state index is 6.11. The zero-order chi connectivity index (χ0) is 25.3. The van der Waals surface area contributed by atoms with Gasteiger partial charge in [0.2, 0.25) is 5.88 Å². The van der Waals surface area contributed by atoms with Crippen LogP contribution in [0.15, 0.2) is 29.4 Å². The van der Waals surface area contributed by atoms with E-state index in [1.165, 1.54) is 17.7 Å². The first-order valence-electron chi connectivity index (χ1n) is 13.3. The van der Waals surface area contributed by atoms with Gasteiger partial charge in [0.05, 0.1) is 25.1 Å². The second kappa shape index (κ2) is 17.3. The monoisotopic (exact) mass is 503 g/mol. The van der Waals surface area contributed by atoms with Crippen LogP contribution in [0.3, 0.4) is 0 Å². The summed E-state index contributed by atoms with van der Waals surface area (Å²) in [6.07, 6.45) is 6.26. The number of rotatable bonds is 14. The third-order valence-corrected chi connectivity index (χ3v) is 6.72. The average Bonchev–Trinajstić information content (AvgIpc) is 3.36. The molecule has 1 N–H and O–H groups in total. The molecule has 1 aliphatic heterocycles. The normalized spacial score (nSPS) is 14.0. The molecule has 0 atom stereocenters. The van der Waals surface area contributed by atoms with Gasteiger partial charge in [-0.05, 0) is 37.5 Å². The number of morpholine rings is 1. The lowest BCUT2D eigenvalue weighted by Gasteiger charge is -2.27. The van der Waals surface area contributed by atoms with Crippen molar-refractivity contribution in [1.29, 1.82) is 0 Å². The molecule has 1 aliphatic rings. The van der Waals surface area contributed by atoms with Crippen LogP contribution in [-0.2, 0) is 11.2 Å². The van der Waals surface area contributed by atoms with Crippen LogP contribution in [0.4, 0.5) is 10.7 Å². The van der Waals surface area contributed by atoms with Gasteiger partial charge in [-0.3, -0.25) is 10.3 Å². The molecule has 2 aromatic heterocycles. The van der Waals surface area contributed by atoms with Gasteiger partial charge < -0.3 is 14.4 Å². The molecule has 0 spiro atoms. The van der Waals surface area contributed by atoms with E-state index >= 15 is 0 Å². The Bertz CT molecular complexity index is 852. The quantitative estimate of drug-likeness (QED) is 0.256. The Morgan fingerprint density at radius 3 is 2.63 bits per heavy atom. The largest absolute Gasteiger partial charge is 0.476 e. The molecule has 196 valence electrons. The summed E-state index contributed by atoms with van der Waals surface area (Å²) in [5.74, 6) is 0.657. The van der Waals surface area contributed by atoms with Gasteiger partial charge in [0.15, 0.2) is 0 Å². The van der Waals surface area contributed by atoms with Gasteiger partial charge in [-0.1, -0.05) is 41.0 Å². The number of anilines is 2. The summed E-state index contributed by atoms with van der Waals surface area (Å²) in [5, 5.41) is 5.48. The van der Waals surface area contributed by atoms with Crippen molar-refractivity contribution in [1.82, 2.24) is 9.88 Å². The molecular weight excluding hydrogens is 458 g/mol. The minimum Gasteiger partial charge on any atom is -0.476 e. The fourth-order valence-electron chi connectivity index (χ4n) is 3.72. The summed E-state index contributed by atoms with van der Waals surface area (Å²) in [4.78, 5) is 10.9. The number of nitrogens with one attached hydrogen (secondary N) is 1. The molecule has 0 radical (unpaired) electrons. The van der Waals surface area contributed by atoms with E-state index in [0.717, 1.165) is 75.2 Å². The fraction of sp³-hybridized carbons (Fsp3) is 0.630. The number of aryl methyl sites for hydroxylation is 1. The Labute approximate surface area is 216 Å². The van der Waals surface area contributed by atoms with E-state index in [4.69, 9.17) is 14.5 Å². The Morgan fingerprint density at radius 1 is 1.14 bits per heavy atom. The van der Waals surface area contributed by atoms with Crippen LogP contribution >= 0.6 is 11.3 Å². The second-order valence-corrected chi connectivity index (χ2v) is 9.39. The fourth-order valence-corrected chi connectivity index (χ4v) is 4.51. The Hall–Kier alpha value is -2.16. The number of hydrogen-bond donors (Lipinski definition) is 1. The van der Waals surface area contributed by atoms with Gasteiger partial charge in [-0.2, -0.15) is 5.10 Å². The SMILES string of the molecule is CC.CCCCN(CCC)c1cc(/C=N/Nc2ccc(CC)s2)nc(OCCN2CCOCC2)c1. The van der Waals surface area contributed by atoms with Crippen LogP contribution in [0.1, 0.15) is 64.5 Å². The van der Waals surface area contributed by atoms with Crippen molar-refractivity contribution in [2.45, 2.75) is 60.3 Å². The zero-order valence-electron chi connectivity index (χ0n) is 22.4. The van der Waals surface area contributed by atoms with Crippen molar-refractivity contribution in [2.75, 3.05) is 62.9 Å². The van der Waals surface area contributed by atoms with Crippen molar-refractivity contribution >= 4 is 28.2 Å². The van der Waals surface area contributed by atoms with Crippen molar-refractivity contribution in [3.05, 3.63) is 34.8 Å². The number of aromatic nitrogens is 1. The average molecular weight is 504 g/mol. The molecule has 3 rings (SSSR count). The number of thiophene rings is 1. The summed E-state index contributed by atoms with van der Waals surface area (Å²) in [6.45, 7) is 17.7. The molecule has 0 bridgehead atoms. The summed E-state index contributed by atoms with van der Waals surface area (Å²) in [7, 11) is 0. The van der Waals surface area contributed by atoms with Gasteiger partial charge in [0.1, 0.15) is 11.6 Å². The highest BCUT2D eigenvalue weighted by atomic mass is 32.1. The van der Waals surface area contributed by atoms with Crippen molar-refractivity contribution in [3.8, 4) is 5.88 Å². The molecule has 0 aliphatic carbocycles. The first-order valence-corrected chi connectivity index (χ1v) is 14.1. The highest BCUT2D eigenvalue weighted by Crippen LogP contribution is 2.23. The number of pyridine rings is 1. The molecule has 1 fully saturated rings. The molecule has 2 aromatic rings. The Morgan fingerprint density at radius 2 is 1.94 bits per heavy atom. The third kappa shape index (κ3) is 10.5. The first kappa shape index (κ1) is 29.1. The minimum absolute atomic E-state index is 0.614. The molecule has 0 aromatic carbocycles. The number of hydrogen-bond acceptors (Lipinski definition) is 8. The Kier molecular flexibility index (Phi) is 14.4. The van der Waals surface area contributed by atoms with Crippen LogP contribution in [-0.4, -0.2) is 68.6 Å². The summed E-state index contributed by atoms with van der Waals surface area (Å²) in [5.41, 5.74) is 5.08. The lowest BCUT2D eigenvalue weighted by molar-refractivity contribution is 0.0320. The van der Waals surface area contributed by atoms with Gasteiger partial charge in [0.25, 0.3) is 0 Å². The lowest BCUT2D eigenvalue weighted by atomic mass is 10.2. The van der Waals surface area contributed by atoms with Gasteiger partial charge in [0, 0.05) is 49.4 Å². The second-order valence-electron chi connectivity index (χ2n) is 8.22. The molecule has 35 heavy (non-hydrogen) atoms. The maximum atomic E-state index is 6.11. The van der Waals surface area contributed by atoms with E-state index in [9.17, 15) is 0 Å². The van der Waals surface area contributed by atoms with E-state index in [-0.39, 0.29) is 0 Å². The van der Waals surface area contributed by atoms with Crippen LogP contribution in [0, 0.1) is 0 Å². The molecule has 0 unspecified atom stereocenters. The predicted molar refractivity (Wildman–Crippen MR) is 151 cm³/mol. The van der Waals surface area contributed by atoms with E-state index < -0.39 is 0 Å². The number of unbranched alkanes of at least 4 members (excludes halogenated alkanes) is 1. The van der Waals surface area contributed by atoms with Crippen LogP contribution in [0.5, 0.6) is 5.88 Å². The van der Waals surface area contributed by atoms with E-state index in [2.05, 4.69) is 65.4 Å².